The lowest BCUT2D eigenvalue weighted by Crippen LogP contribution is -2.06. The number of benzene rings is 1. The van der Waals surface area contributed by atoms with Gasteiger partial charge in [-0.3, -0.25) is 4.79 Å². The first kappa shape index (κ1) is 17.9. The molecule has 0 radical (unpaired) electrons. The van der Waals surface area contributed by atoms with E-state index in [1.807, 2.05) is 29.7 Å². The normalized spacial score (nSPS) is 11.3. The number of aryl methyl sites for hydroxylation is 1. The first-order valence-corrected chi connectivity index (χ1v) is 8.70. The van der Waals surface area contributed by atoms with E-state index in [-0.39, 0.29) is 11.3 Å². The molecule has 0 unspecified atom stereocenters. The van der Waals surface area contributed by atoms with Gasteiger partial charge in [0.1, 0.15) is 11.4 Å². The maximum atomic E-state index is 12.7. The highest BCUT2D eigenvalue weighted by atomic mass is 19.3. The summed E-state index contributed by atoms with van der Waals surface area (Å²) in [5, 5.41) is 0. The van der Waals surface area contributed by atoms with E-state index in [0.29, 0.717) is 12.0 Å². The van der Waals surface area contributed by atoms with Gasteiger partial charge in [-0.05, 0) is 42.3 Å². The van der Waals surface area contributed by atoms with Gasteiger partial charge in [-0.1, -0.05) is 18.2 Å². The fourth-order valence-corrected chi connectivity index (χ4v) is 3.23. The van der Waals surface area contributed by atoms with Gasteiger partial charge in [0.15, 0.2) is 0 Å². The number of aromatic amines is 1. The largest absolute Gasteiger partial charge is 0.435 e. The number of hydrogen-bond donors (Lipinski definition) is 1. The molecule has 0 aliphatic carbocycles. The van der Waals surface area contributed by atoms with E-state index >= 15 is 0 Å². The van der Waals surface area contributed by atoms with Crippen LogP contribution in [0.3, 0.4) is 0 Å². The van der Waals surface area contributed by atoms with Crippen molar-refractivity contribution < 1.29 is 13.5 Å². The average molecular weight is 381 g/mol. The van der Waals surface area contributed by atoms with Crippen molar-refractivity contribution >= 4 is 5.65 Å². The molecule has 0 amide bonds. The number of pyridine rings is 2. The van der Waals surface area contributed by atoms with Crippen molar-refractivity contribution in [2.24, 2.45) is 0 Å². The number of nitrogens with one attached hydrogen (secondary N) is 1. The van der Waals surface area contributed by atoms with Crippen molar-refractivity contribution in [3.63, 3.8) is 0 Å². The van der Waals surface area contributed by atoms with Gasteiger partial charge in [-0.15, -0.1) is 0 Å². The van der Waals surface area contributed by atoms with Crippen molar-refractivity contribution in [1.29, 1.82) is 0 Å². The zero-order valence-electron chi connectivity index (χ0n) is 15.0. The second kappa shape index (κ2) is 7.26. The molecular formula is C21H17F2N3O2. The number of alkyl halides is 2. The molecule has 28 heavy (non-hydrogen) atoms. The Bertz CT molecular complexity index is 1180. The number of halogens is 2. The summed E-state index contributed by atoms with van der Waals surface area (Å²) in [4.78, 5) is 18.5. The minimum absolute atomic E-state index is 0.156. The summed E-state index contributed by atoms with van der Waals surface area (Å²) >= 11 is 0. The van der Waals surface area contributed by atoms with Gasteiger partial charge in [0.25, 0.3) is 0 Å². The number of H-pyrrole nitrogens is 1. The Balaban J connectivity index is 1.77. The van der Waals surface area contributed by atoms with Crippen LogP contribution in [0.15, 0.2) is 65.7 Å². The summed E-state index contributed by atoms with van der Waals surface area (Å²) in [7, 11) is 0. The summed E-state index contributed by atoms with van der Waals surface area (Å²) in [5.41, 5.74) is 4.70. The topological polar surface area (TPSA) is 59.4 Å². The first-order valence-electron chi connectivity index (χ1n) is 8.70. The lowest BCUT2D eigenvalue weighted by atomic mass is 10.1. The third-order valence-electron chi connectivity index (χ3n) is 4.58. The van der Waals surface area contributed by atoms with Gasteiger partial charge in [0, 0.05) is 36.1 Å². The molecule has 7 heteroatoms. The minimum atomic E-state index is -2.88. The summed E-state index contributed by atoms with van der Waals surface area (Å²) in [6, 6.07) is 13.8. The lowest BCUT2D eigenvalue weighted by Gasteiger charge is -2.11. The Hall–Kier alpha value is -3.48. The van der Waals surface area contributed by atoms with Crippen LogP contribution in [0.1, 0.15) is 17.0 Å². The van der Waals surface area contributed by atoms with Crippen LogP contribution in [0, 0.1) is 6.92 Å². The molecule has 3 heterocycles. The fraction of sp³-hybridized carbons (Fsp3) is 0.143. The molecule has 0 atom stereocenters. The SMILES string of the molecule is Cc1nc2ccc(-c3ccc(=O)[nH]c3)cn2c1Cc1ccccc1OC(F)F. The predicted molar refractivity (Wildman–Crippen MR) is 102 cm³/mol. The first-order chi connectivity index (χ1) is 13.5. The van der Waals surface area contributed by atoms with E-state index in [2.05, 4.69) is 14.7 Å². The second-order valence-corrected chi connectivity index (χ2v) is 6.39. The molecule has 1 aromatic carbocycles. The van der Waals surface area contributed by atoms with Crippen LogP contribution >= 0.6 is 0 Å². The highest BCUT2D eigenvalue weighted by Gasteiger charge is 2.15. The Morgan fingerprint density at radius 2 is 1.89 bits per heavy atom. The lowest BCUT2D eigenvalue weighted by molar-refractivity contribution is -0.0503. The number of fused-ring (bicyclic) bond motifs is 1. The molecule has 142 valence electrons. The van der Waals surface area contributed by atoms with E-state index in [1.54, 1.807) is 30.5 Å². The molecule has 1 N–H and O–H groups in total. The van der Waals surface area contributed by atoms with Crippen LogP contribution in [0.25, 0.3) is 16.8 Å². The monoisotopic (exact) mass is 381 g/mol. The van der Waals surface area contributed by atoms with E-state index in [1.165, 1.54) is 12.1 Å². The summed E-state index contributed by atoms with van der Waals surface area (Å²) in [5.74, 6) is 0.156. The molecule has 4 rings (SSSR count). The van der Waals surface area contributed by atoms with Crippen LogP contribution < -0.4 is 10.3 Å². The van der Waals surface area contributed by atoms with Crippen molar-refractivity contribution in [2.45, 2.75) is 20.0 Å². The van der Waals surface area contributed by atoms with Crippen molar-refractivity contribution in [3.8, 4) is 16.9 Å². The molecular weight excluding hydrogens is 364 g/mol. The van der Waals surface area contributed by atoms with Gasteiger partial charge in [0.05, 0.1) is 5.69 Å². The van der Waals surface area contributed by atoms with E-state index < -0.39 is 6.61 Å². The van der Waals surface area contributed by atoms with Crippen molar-refractivity contribution in [1.82, 2.24) is 14.4 Å². The predicted octanol–water partition coefficient (Wildman–Crippen LogP) is 4.19. The summed E-state index contributed by atoms with van der Waals surface area (Å²) in [6.07, 6.45) is 3.97. The third kappa shape index (κ3) is 3.51. The zero-order chi connectivity index (χ0) is 19.7. The van der Waals surface area contributed by atoms with Gasteiger partial charge < -0.3 is 14.1 Å². The number of imidazole rings is 1. The maximum absolute atomic E-state index is 12.7. The van der Waals surface area contributed by atoms with Crippen LogP contribution in [0.5, 0.6) is 5.75 Å². The smallest absolute Gasteiger partial charge is 0.387 e. The number of para-hydroxylation sites is 1. The molecule has 3 aromatic heterocycles. The van der Waals surface area contributed by atoms with Crippen LogP contribution in [0.4, 0.5) is 8.78 Å². The number of rotatable bonds is 5. The average Bonchev–Trinajstić information content (AvgIpc) is 2.98. The van der Waals surface area contributed by atoms with Crippen molar-refractivity contribution in [3.05, 3.63) is 88.2 Å². The molecule has 0 aliphatic heterocycles. The van der Waals surface area contributed by atoms with Gasteiger partial charge in [0.2, 0.25) is 5.56 Å². The Morgan fingerprint density at radius 3 is 2.64 bits per heavy atom. The minimum Gasteiger partial charge on any atom is -0.435 e. The second-order valence-electron chi connectivity index (χ2n) is 6.39. The zero-order valence-corrected chi connectivity index (χ0v) is 15.0. The highest BCUT2D eigenvalue weighted by Crippen LogP contribution is 2.26. The number of hydrogen-bond acceptors (Lipinski definition) is 3. The Kier molecular flexibility index (Phi) is 4.65. The van der Waals surface area contributed by atoms with E-state index in [9.17, 15) is 13.6 Å². The molecule has 4 aromatic rings. The molecule has 0 fully saturated rings. The molecule has 0 saturated heterocycles. The third-order valence-corrected chi connectivity index (χ3v) is 4.58. The van der Waals surface area contributed by atoms with Crippen LogP contribution in [-0.2, 0) is 6.42 Å². The molecule has 0 saturated carbocycles. The Labute approximate surface area is 159 Å². The molecule has 5 nitrogen and oxygen atoms in total. The Morgan fingerprint density at radius 1 is 1.11 bits per heavy atom. The van der Waals surface area contributed by atoms with Crippen molar-refractivity contribution in [2.75, 3.05) is 0 Å². The number of nitrogens with zero attached hydrogens (tertiary/aromatic N) is 2. The number of ether oxygens (including phenoxy) is 1. The summed E-state index contributed by atoms with van der Waals surface area (Å²) < 4.78 is 32.0. The van der Waals surface area contributed by atoms with Gasteiger partial charge in [-0.25, -0.2) is 4.98 Å². The van der Waals surface area contributed by atoms with E-state index in [4.69, 9.17) is 0 Å². The summed E-state index contributed by atoms with van der Waals surface area (Å²) in [6.45, 7) is -0.991. The number of aromatic nitrogens is 3. The van der Waals surface area contributed by atoms with Gasteiger partial charge >= 0.3 is 6.61 Å². The van der Waals surface area contributed by atoms with Gasteiger partial charge in [-0.2, -0.15) is 8.78 Å². The fourth-order valence-electron chi connectivity index (χ4n) is 3.23. The highest BCUT2D eigenvalue weighted by molar-refractivity contribution is 5.64. The maximum Gasteiger partial charge on any atom is 0.387 e. The standard InChI is InChI=1S/C21H17F2N3O2/c1-13-17(10-14-4-2-3-5-18(14)28-21(22)23)26-12-16(6-8-19(26)25-13)15-7-9-20(27)24-11-15/h2-9,11-12,21H,10H2,1H3,(H,24,27). The quantitative estimate of drug-likeness (QED) is 0.564. The van der Waals surface area contributed by atoms with Crippen LogP contribution in [-0.4, -0.2) is 21.0 Å². The molecule has 0 aliphatic rings. The molecule has 0 bridgehead atoms. The van der Waals surface area contributed by atoms with E-state index in [0.717, 1.165) is 28.2 Å². The van der Waals surface area contributed by atoms with Crippen LogP contribution in [0.2, 0.25) is 0 Å². The molecule has 0 spiro atoms.